The lowest BCUT2D eigenvalue weighted by Crippen LogP contribution is -2.33. The van der Waals surface area contributed by atoms with Crippen molar-refractivity contribution in [1.82, 2.24) is 4.90 Å². The van der Waals surface area contributed by atoms with E-state index in [2.05, 4.69) is 0 Å². The van der Waals surface area contributed by atoms with Crippen LogP contribution in [0.3, 0.4) is 0 Å². The van der Waals surface area contributed by atoms with Gasteiger partial charge >= 0.3 is 0 Å². The first kappa shape index (κ1) is 16.2. The Hall–Kier alpha value is -1.62. The maximum atomic E-state index is 14.0. The van der Waals surface area contributed by atoms with Crippen molar-refractivity contribution in [3.8, 4) is 5.75 Å². The summed E-state index contributed by atoms with van der Waals surface area (Å²) < 4.78 is 14.0. The fourth-order valence-electron chi connectivity index (χ4n) is 3.95. The summed E-state index contributed by atoms with van der Waals surface area (Å²) in [7, 11) is 0. The molecule has 2 N–H and O–H groups in total. The number of benzene rings is 1. The molecular formula is C18H24FNO3. The maximum Gasteiger partial charge on any atom is 0.257 e. The summed E-state index contributed by atoms with van der Waals surface area (Å²) in [5.41, 5.74) is 0.681. The van der Waals surface area contributed by atoms with Crippen molar-refractivity contribution >= 4 is 5.91 Å². The standard InChI is InChI=1S/C18H24FNO3/c1-2-14(21)12-5-3-11(4-6-12)9-20-10-13-7-8-15(22)17(19)16(13)18(20)23/h7-8,11-12,14,21-22H,2-6,9-10H2,1H3/t11-,12-,14?. The minimum atomic E-state index is -0.801. The molecule has 1 aromatic carbocycles. The lowest BCUT2D eigenvalue weighted by Gasteiger charge is -2.33. The van der Waals surface area contributed by atoms with Crippen LogP contribution < -0.4 is 0 Å². The first-order valence-corrected chi connectivity index (χ1v) is 8.49. The number of halogens is 1. The third-order valence-electron chi connectivity index (χ3n) is 5.40. The molecule has 1 saturated carbocycles. The maximum absolute atomic E-state index is 14.0. The van der Waals surface area contributed by atoms with Crippen LogP contribution in [-0.4, -0.2) is 33.7 Å². The van der Waals surface area contributed by atoms with Crippen LogP contribution in [-0.2, 0) is 6.54 Å². The first-order chi connectivity index (χ1) is 11.0. The number of phenolic OH excluding ortho intramolecular Hbond substituents is 1. The average molecular weight is 321 g/mol. The monoisotopic (exact) mass is 321 g/mol. The van der Waals surface area contributed by atoms with Crippen LogP contribution >= 0.6 is 0 Å². The Bertz CT molecular complexity index is 596. The van der Waals surface area contributed by atoms with Crippen LogP contribution in [0.5, 0.6) is 5.75 Å². The molecule has 1 unspecified atom stereocenters. The molecule has 23 heavy (non-hydrogen) atoms. The van der Waals surface area contributed by atoms with Crippen molar-refractivity contribution in [2.45, 2.75) is 51.7 Å². The van der Waals surface area contributed by atoms with E-state index in [0.717, 1.165) is 32.1 Å². The Morgan fingerprint density at radius 1 is 1.30 bits per heavy atom. The molecule has 126 valence electrons. The van der Waals surface area contributed by atoms with E-state index in [-0.39, 0.29) is 17.6 Å². The zero-order valence-corrected chi connectivity index (χ0v) is 13.5. The highest BCUT2D eigenvalue weighted by atomic mass is 19.1. The molecular weight excluding hydrogens is 297 g/mol. The molecule has 0 radical (unpaired) electrons. The van der Waals surface area contributed by atoms with Gasteiger partial charge in [0.2, 0.25) is 0 Å². The van der Waals surface area contributed by atoms with E-state index in [1.165, 1.54) is 6.07 Å². The van der Waals surface area contributed by atoms with Gasteiger partial charge in [-0.2, -0.15) is 0 Å². The molecule has 0 bridgehead atoms. The van der Waals surface area contributed by atoms with E-state index in [0.29, 0.717) is 30.5 Å². The Labute approximate surface area is 135 Å². The van der Waals surface area contributed by atoms with Gasteiger partial charge in [-0.3, -0.25) is 4.79 Å². The second-order valence-corrected chi connectivity index (χ2v) is 6.87. The number of phenols is 1. The summed E-state index contributed by atoms with van der Waals surface area (Å²) in [4.78, 5) is 14.1. The van der Waals surface area contributed by atoms with Gasteiger partial charge in [0.15, 0.2) is 11.6 Å². The minimum absolute atomic E-state index is 0.0279. The Balaban J connectivity index is 1.61. The fourth-order valence-corrected chi connectivity index (χ4v) is 3.95. The van der Waals surface area contributed by atoms with Crippen molar-refractivity contribution in [3.63, 3.8) is 0 Å². The van der Waals surface area contributed by atoms with Crippen molar-refractivity contribution in [2.75, 3.05) is 6.54 Å². The van der Waals surface area contributed by atoms with E-state index in [9.17, 15) is 19.4 Å². The van der Waals surface area contributed by atoms with Crippen LogP contribution in [0.25, 0.3) is 0 Å². The second kappa shape index (κ2) is 6.48. The van der Waals surface area contributed by atoms with Gasteiger partial charge in [0.1, 0.15) is 0 Å². The quantitative estimate of drug-likeness (QED) is 0.896. The molecule has 0 saturated heterocycles. The SMILES string of the molecule is CCC(O)[C@H]1CC[C@H](CN2Cc3ccc(O)c(F)c3C2=O)CC1. The number of carbonyl (C=O) groups excluding carboxylic acids is 1. The molecule has 1 aliphatic heterocycles. The lowest BCUT2D eigenvalue weighted by molar-refractivity contribution is 0.0575. The van der Waals surface area contributed by atoms with E-state index < -0.39 is 11.6 Å². The molecule has 1 heterocycles. The number of aromatic hydroxyl groups is 1. The van der Waals surface area contributed by atoms with Gasteiger partial charge in [0, 0.05) is 13.1 Å². The summed E-state index contributed by atoms with van der Waals surface area (Å²) >= 11 is 0. The molecule has 1 amide bonds. The van der Waals surface area contributed by atoms with E-state index >= 15 is 0 Å². The molecule has 4 nitrogen and oxygen atoms in total. The zero-order valence-electron chi connectivity index (χ0n) is 13.5. The highest BCUT2D eigenvalue weighted by molar-refractivity contribution is 5.99. The number of aliphatic hydroxyl groups is 1. The van der Waals surface area contributed by atoms with Crippen LogP contribution in [0.15, 0.2) is 12.1 Å². The first-order valence-electron chi connectivity index (χ1n) is 8.49. The minimum Gasteiger partial charge on any atom is -0.505 e. The molecule has 0 aromatic heterocycles. The Morgan fingerprint density at radius 2 is 2.00 bits per heavy atom. The van der Waals surface area contributed by atoms with Crippen molar-refractivity contribution in [2.24, 2.45) is 11.8 Å². The molecule has 0 spiro atoms. The zero-order chi connectivity index (χ0) is 16.6. The number of nitrogens with zero attached hydrogens (tertiary/aromatic N) is 1. The Kier molecular flexibility index (Phi) is 4.57. The average Bonchev–Trinajstić information content (AvgIpc) is 2.88. The number of hydrogen-bond acceptors (Lipinski definition) is 3. The number of rotatable bonds is 4. The molecule has 5 heteroatoms. The number of amides is 1. The fraction of sp³-hybridized carbons (Fsp3) is 0.611. The molecule has 1 atom stereocenters. The largest absolute Gasteiger partial charge is 0.505 e. The topological polar surface area (TPSA) is 60.8 Å². The molecule has 1 aliphatic carbocycles. The smallest absolute Gasteiger partial charge is 0.257 e. The second-order valence-electron chi connectivity index (χ2n) is 6.87. The van der Waals surface area contributed by atoms with Gasteiger partial charge in [0.05, 0.1) is 11.7 Å². The summed E-state index contributed by atoms with van der Waals surface area (Å²) in [5.74, 6) is -0.802. The van der Waals surface area contributed by atoms with Crippen LogP contribution in [0.1, 0.15) is 54.9 Å². The lowest BCUT2D eigenvalue weighted by atomic mass is 9.78. The van der Waals surface area contributed by atoms with Crippen LogP contribution in [0.4, 0.5) is 4.39 Å². The summed E-state index contributed by atoms with van der Waals surface area (Å²) in [6.07, 6.45) is 4.54. The van der Waals surface area contributed by atoms with Gasteiger partial charge in [-0.25, -0.2) is 4.39 Å². The predicted octanol–water partition coefficient (Wildman–Crippen LogP) is 3.06. The van der Waals surface area contributed by atoms with Gasteiger partial charge in [-0.1, -0.05) is 13.0 Å². The highest BCUT2D eigenvalue weighted by Crippen LogP contribution is 2.35. The van der Waals surface area contributed by atoms with Gasteiger partial charge in [-0.15, -0.1) is 0 Å². The van der Waals surface area contributed by atoms with Crippen LogP contribution in [0, 0.1) is 17.7 Å². The number of carbonyl (C=O) groups is 1. The summed E-state index contributed by atoms with van der Waals surface area (Å²) in [6, 6.07) is 2.93. The predicted molar refractivity (Wildman–Crippen MR) is 84.6 cm³/mol. The van der Waals surface area contributed by atoms with Crippen LogP contribution in [0.2, 0.25) is 0 Å². The third kappa shape index (κ3) is 3.07. The number of fused-ring (bicyclic) bond motifs is 1. The molecule has 1 fully saturated rings. The van der Waals surface area contributed by atoms with E-state index in [4.69, 9.17) is 0 Å². The highest BCUT2D eigenvalue weighted by Gasteiger charge is 2.34. The molecule has 2 aliphatic rings. The summed E-state index contributed by atoms with van der Waals surface area (Å²) in [5, 5.41) is 19.4. The number of hydrogen-bond donors (Lipinski definition) is 2. The van der Waals surface area contributed by atoms with Crippen molar-refractivity contribution < 1.29 is 19.4 Å². The van der Waals surface area contributed by atoms with Crippen molar-refractivity contribution in [3.05, 3.63) is 29.1 Å². The Morgan fingerprint density at radius 3 is 2.65 bits per heavy atom. The normalized spacial score (nSPS) is 25.5. The van der Waals surface area contributed by atoms with Gasteiger partial charge in [0.25, 0.3) is 5.91 Å². The number of aliphatic hydroxyl groups excluding tert-OH is 1. The van der Waals surface area contributed by atoms with E-state index in [1.54, 1.807) is 11.0 Å². The van der Waals surface area contributed by atoms with E-state index in [1.807, 2.05) is 6.92 Å². The van der Waals surface area contributed by atoms with Crippen molar-refractivity contribution in [1.29, 1.82) is 0 Å². The van der Waals surface area contributed by atoms with Gasteiger partial charge in [-0.05, 0) is 55.6 Å². The third-order valence-corrected chi connectivity index (χ3v) is 5.40. The molecule has 3 rings (SSSR count). The van der Waals surface area contributed by atoms with Gasteiger partial charge < -0.3 is 15.1 Å². The molecule has 1 aromatic rings. The summed E-state index contributed by atoms with van der Waals surface area (Å²) in [6.45, 7) is 3.05.